The summed E-state index contributed by atoms with van der Waals surface area (Å²) in [6.07, 6.45) is -9.08. The summed E-state index contributed by atoms with van der Waals surface area (Å²) in [5.41, 5.74) is 0.200. The van der Waals surface area contributed by atoms with Crippen LogP contribution < -0.4 is 42.5 Å². The first kappa shape index (κ1) is 99.0. The standard InChI is InChI=1S/C70H128N8O32/c1-45(82)74-56-62(91)59(88)50(39-79)108-67(56)105-36-33-99-24-21-96-27-30-102-42-53(85)71-18-13-9-15-48(65(94)73-20-12-8-7-11-17-70(4,5)6)78-66(95)49(77-55(87)44-104-32-29-98-23-26-101-35-38-107-69-58(76-47(3)84)64(93)61(90)52(41-81)110-69)16-10-14-19-72-54(86)43-103-31-28-97-22-25-100-34-37-106-68-57(75-46(2)83)63(92)60(89)51(40-80)109-68/h48-52,56-64,67-69,79-81,88-93H,7-44H2,1-6H3,(H,71,85)(H,72,86)(H,73,94)(H,74,82)(H,75,83)(H,76,84)(H,77,87)(H,78,95)/t48-,49+,50-,51-,52-,56-,57-,58-,59+,60+,61+,62-,63-,64-,67-,68-,69-/m1/s1. The number of carbonyl (C=O) groups excluding carboxylic acids is 8. The fourth-order valence-electron chi connectivity index (χ4n) is 11.3. The number of rotatable bonds is 62. The highest BCUT2D eigenvalue weighted by Gasteiger charge is 2.48. The zero-order chi connectivity index (χ0) is 81.1. The van der Waals surface area contributed by atoms with E-state index in [-0.39, 0.29) is 169 Å². The van der Waals surface area contributed by atoms with Gasteiger partial charge in [0.2, 0.25) is 47.3 Å². The normalized spacial score (nSPS) is 24.7. The van der Waals surface area contributed by atoms with Crippen LogP contribution in [-0.4, -0.2) is 375 Å². The Hall–Kier alpha value is -5.20. The Morgan fingerprint density at radius 2 is 0.636 bits per heavy atom. The third-order valence-electron chi connectivity index (χ3n) is 17.1. The number of ether oxygens (including phenoxy) is 15. The minimum absolute atomic E-state index is 0.00808. The highest BCUT2D eigenvalue weighted by molar-refractivity contribution is 5.92. The Balaban J connectivity index is 1.48. The Bertz CT molecular complexity index is 2540. The molecule has 0 unspecified atom stereocenters. The lowest BCUT2D eigenvalue weighted by Gasteiger charge is -2.42. The average Bonchev–Trinajstić information content (AvgIpc) is 0.823. The van der Waals surface area contributed by atoms with Gasteiger partial charge in [-0.2, -0.15) is 0 Å². The lowest BCUT2D eigenvalue weighted by molar-refractivity contribution is -0.272. The number of aliphatic hydroxyl groups excluding tert-OH is 9. The summed E-state index contributed by atoms with van der Waals surface area (Å²) in [5.74, 6) is -3.96. The van der Waals surface area contributed by atoms with Crippen molar-refractivity contribution in [3.8, 4) is 0 Å². The minimum atomic E-state index is -1.47. The van der Waals surface area contributed by atoms with E-state index in [0.717, 1.165) is 25.7 Å². The molecule has 3 aliphatic rings. The van der Waals surface area contributed by atoms with Crippen LogP contribution in [0.25, 0.3) is 0 Å². The van der Waals surface area contributed by atoms with E-state index in [0.29, 0.717) is 38.6 Å². The number of amides is 8. The highest BCUT2D eigenvalue weighted by Crippen LogP contribution is 2.26. The summed E-state index contributed by atoms with van der Waals surface area (Å²) in [6, 6.07) is -5.44. The lowest BCUT2D eigenvalue weighted by Crippen LogP contribution is -2.64. The van der Waals surface area contributed by atoms with Crippen LogP contribution in [0.3, 0.4) is 0 Å². The lowest BCUT2D eigenvalue weighted by atomic mass is 9.89. The zero-order valence-corrected chi connectivity index (χ0v) is 64.6. The van der Waals surface area contributed by atoms with Crippen LogP contribution in [0.15, 0.2) is 0 Å². The van der Waals surface area contributed by atoms with Crippen molar-refractivity contribution in [1.29, 1.82) is 0 Å². The molecule has 0 aromatic rings. The molecule has 3 saturated heterocycles. The molecule has 110 heavy (non-hydrogen) atoms. The van der Waals surface area contributed by atoms with Gasteiger partial charge in [-0.1, -0.05) is 40.0 Å². The molecule has 640 valence electrons. The van der Waals surface area contributed by atoms with Crippen LogP contribution in [0.2, 0.25) is 0 Å². The van der Waals surface area contributed by atoms with E-state index in [1.807, 2.05) is 0 Å². The molecule has 0 bridgehead atoms. The predicted molar refractivity (Wildman–Crippen MR) is 384 cm³/mol. The van der Waals surface area contributed by atoms with Gasteiger partial charge in [0.25, 0.3) is 0 Å². The molecule has 3 fully saturated rings. The molecule has 3 rings (SSSR count). The van der Waals surface area contributed by atoms with Crippen molar-refractivity contribution < 1.29 is 155 Å². The van der Waals surface area contributed by atoms with E-state index in [1.54, 1.807) is 0 Å². The van der Waals surface area contributed by atoms with Crippen LogP contribution in [-0.2, 0) is 109 Å². The summed E-state index contributed by atoms with van der Waals surface area (Å²) in [7, 11) is 0. The molecule has 0 aliphatic carbocycles. The summed E-state index contributed by atoms with van der Waals surface area (Å²) in [5, 5.41) is 112. The second-order valence-electron chi connectivity index (χ2n) is 27.6. The molecular formula is C70H128N8O32. The summed E-state index contributed by atoms with van der Waals surface area (Å²) >= 11 is 0. The topological polar surface area (TPSA) is 553 Å². The smallest absolute Gasteiger partial charge is 0.246 e. The average molecular weight is 1590 g/mol. The third kappa shape index (κ3) is 42.8. The largest absolute Gasteiger partial charge is 0.394 e. The van der Waals surface area contributed by atoms with Crippen molar-refractivity contribution in [1.82, 2.24) is 42.5 Å². The minimum Gasteiger partial charge on any atom is -0.394 e. The third-order valence-corrected chi connectivity index (χ3v) is 17.1. The van der Waals surface area contributed by atoms with Gasteiger partial charge in [-0.25, -0.2) is 0 Å². The number of hydrogen-bond acceptors (Lipinski definition) is 32. The van der Waals surface area contributed by atoms with Gasteiger partial charge in [-0.15, -0.1) is 0 Å². The molecule has 40 heteroatoms. The van der Waals surface area contributed by atoms with Crippen molar-refractivity contribution in [3.05, 3.63) is 0 Å². The Kier molecular flexibility index (Phi) is 52.8. The molecule has 17 N–H and O–H groups in total. The number of aliphatic hydroxyl groups is 9. The second-order valence-corrected chi connectivity index (χ2v) is 27.6. The van der Waals surface area contributed by atoms with Gasteiger partial charge in [0.1, 0.15) is 105 Å². The molecule has 17 atom stereocenters. The molecule has 3 aliphatic heterocycles. The van der Waals surface area contributed by atoms with E-state index in [1.165, 1.54) is 20.8 Å². The van der Waals surface area contributed by atoms with Gasteiger partial charge in [0, 0.05) is 40.4 Å². The van der Waals surface area contributed by atoms with Gasteiger partial charge in [0.15, 0.2) is 18.9 Å². The SMILES string of the molecule is CC(=O)N[C@H]1[C@H](OCCOCCOCCOCC(=O)NCCCC[C@H](NC(=O)COCCOCCOCCO[C@@H]2O[C@H](CO)[C@H](O)[C@H](O)[C@H]2NC(C)=O)C(=O)N[C@H](CCCCNC(=O)COCCOCCOCCO[C@@H]2O[C@H](CO)[C@H](O)[C@H](O)[C@H]2NC(C)=O)C(=O)NCCCCCCC(C)(C)C)O[C@H](CO)[C@H](O)[C@@H]1O. The molecule has 0 saturated carbocycles. The highest BCUT2D eigenvalue weighted by atomic mass is 16.7. The van der Waals surface area contributed by atoms with Crippen LogP contribution in [0.1, 0.15) is 112 Å². The molecule has 3 heterocycles. The summed E-state index contributed by atoms with van der Waals surface area (Å²) < 4.78 is 83.1. The van der Waals surface area contributed by atoms with Crippen molar-refractivity contribution in [2.45, 2.75) is 216 Å². The first-order valence-corrected chi connectivity index (χ1v) is 37.9. The van der Waals surface area contributed by atoms with Gasteiger partial charge in [-0.3, -0.25) is 38.4 Å². The molecule has 8 amide bonds. The van der Waals surface area contributed by atoms with Crippen LogP contribution >= 0.6 is 0 Å². The monoisotopic (exact) mass is 1590 g/mol. The fraction of sp³-hybridized carbons (Fsp3) is 0.886. The Morgan fingerprint density at radius 3 is 0.964 bits per heavy atom. The number of carbonyl (C=O) groups is 8. The molecular weight excluding hydrogens is 1460 g/mol. The van der Waals surface area contributed by atoms with E-state index in [9.17, 15) is 84.3 Å². The first-order valence-electron chi connectivity index (χ1n) is 37.9. The van der Waals surface area contributed by atoms with Gasteiger partial charge >= 0.3 is 0 Å². The van der Waals surface area contributed by atoms with Crippen LogP contribution in [0.5, 0.6) is 0 Å². The maximum Gasteiger partial charge on any atom is 0.246 e. The fourth-order valence-corrected chi connectivity index (χ4v) is 11.3. The van der Waals surface area contributed by atoms with E-state index >= 15 is 0 Å². The molecule has 0 spiro atoms. The molecule has 0 aromatic carbocycles. The molecule has 0 aromatic heterocycles. The van der Waals surface area contributed by atoms with E-state index in [2.05, 4.69) is 63.3 Å². The Labute approximate surface area is 642 Å². The van der Waals surface area contributed by atoms with Crippen LogP contribution in [0, 0.1) is 5.41 Å². The van der Waals surface area contributed by atoms with Crippen LogP contribution in [0.4, 0.5) is 0 Å². The molecule has 0 radical (unpaired) electrons. The van der Waals surface area contributed by atoms with Crippen molar-refractivity contribution >= 4 is 47.3 Å². The van der Waals surface area contributed by atoms with E-state index in [4.69, 9.17) is 71.1 Å². The maximum absolute atomic E-state index is 14.2. The van der Waals surface area contributed by atoms with Crippen molar-refractivity contribution in [3.63, 3.8) is 0 Å². The first-order chi connectivity index (χ1) is 52.7. The second kappa shape index (κ2) is 58.6. The van der Waals surface area contributed by atoms with Gasteiger partial charge in [-0.05, 0) is 56.8 Å². The summed E-state index contributed by atoms with van der Waals surface area (Å²) in [6.45, 7) is 9.92. The number of unbranched alkanes of at least 4 members (excludes halogenated alkanes) is 5. The van der Waals surface area contributed by atoms with Crippen molar-refractivity contribution in [2.24, 2.45) is 5.41 Å². The van der Waals surface area contributed by atoms with Gasteiger partial charge < -0.3 is 160 Å². The summed E-state index contributed by atoms with van der Waals surface area (Å²) in [4.78, 5) is 102. The molecule has 40 nitrogen and oxygen atoms in total. The zero-order valence-electron chi connectivity index (χ0n) is 64.6. The maximum atomic E-state index is 14.2. The van der Waals surface area contributed by atoms with Gasteiger partial charge in [0.05, 0.1) is 139 Å². The number of nitrogens with one attached hydrogen (secondary N) is 8. The predicted octanol–water partition coefficient (Wildman–Crippen LogP) is -6.33. The van der Waals surface area contributed by atoms with E-state index < -0.39 is 172 Å². The van der Waals surface area contributed by atoms with Crippen molar-refractivity contribution in [2.75, 3.05) is 178 Å². The Morgan fingerprint density at radius 1 is 0.345 bits per heavy atom. The quantitative estimate of drug-likeness (QED) is 0.0252. The number of hydrogen-bond donors (Lipinski definition) is 17.